The Balaban J connectivity index is 1.66. The number of aliphatic hydroxyl groups excluding tert-OH is 1. The smallest absolute Gasteiger partial charge is 0.482 e. The van der Waals surface area contributed by atoms with Crippen LogP contribution in [0.4, 0.5) is 24.5 Å². The highest BCUT2D eigenvalue weighted by Gasteiger charge is 2.28. The van der Waals surface area contributed by atoms with E-state index in [1.54, 1.807) is 0 Å². The summed E-state index contributed by atoms with van der Waals surface area (Å²) in [6.07, 6.45) is -6.01. The average molecular weight is 617 g/mol. The number of rotatable bonds is 9. The molecule has 1 aliphatic heterocycles. The molecule has 2 atom stereocenters. The number of hydrogen-bond donors (Lipinski definition) is 8. The molecule has 2 aromatic carbocycles. The van der Waals surface area contributed by atoms with Gasteiger partial charge in [0, 0.05) is 34.0 Å². The number of aromatic hydroxyl groups is 1. The molecule has 1 aliphatic rings. The molecule has 39 heavy (non-hydrogen) atoms. The molecule has 1 heterocycles. The van der Waals surface area contributed by atoms with E-state index in [0.717, 1.165) is 18.2 Å². The summed E-state index contributed by atoms with van der Waals surface area (Å²) >= 11 is 3.07. The molecule has 0 aliphatic carbocycles. The molecule has 3 rings (SSSR count). The molecule has 1 unspecified atom stereocenters. The first-order chi connectivity index (χ1) is 18.3. The van der Waals surface area contributed by atoms with E-state index in [0.29, 0.717) is 11.6 Å². The van der Waals surface area contributed by atoms with Crippen molar-refractivity contribution in [2.45, 2.75) is 24.9 Å². The number of carboxylic acid groups (broad SMARTS) is 1. The number of phenols is 1. The zero-order valence-corrected chi connectivity index (χ0v) is 21.6. The highest BCUT2D eigenvalue weighted by Crippen LogP contribution is 2.29. The van der Waals surface area contributed by atoms with Gasteiger partial charge in [-0.2, -0.15) is 13.2 Å². The summed E-state index contributed by atoms with van der Waals surface area (Å²) in [5.41, 5.74) is -0.0114. The summed E-state index contributed by atoms with van der Waals surface area (Å²) in [5, 5.41) is 40.5. The SMILES string of the molecule is O=C(O)C[C@H](NC(=O)CNC(=O)c1cc(O)cc(NC2=NCC(O)CN2)c1)c1cc(Br)cc(NC(F)(F)F)c1. The number of alkyl halides is 3. The lowest BCUT2D eigenvalue weighted by Gasteiger charge is -2.20. The van der Waals surface area contributed by atoms with Crippen molar-refractivity contribution in [2.75, 3.05) is 30.3 Å². The van der Waals surface area contributed by atoms with Crippen molar-refractivity contribution in [2.24, 2.45) is 4.99 Å². The van der Waals surface area contributed by atoms with Gasteiger partial charge in [-0.1, -0.05) is 15.9 Å². The standard InChI is InChI=1S/C23H24BrF3N6O6/c24-13-1-11(2-15(5-13)33-23(25,26)27)18(7-20(37)38)32-19(36)10-28-21(39)12-3-14(6-16(34)4-12)31-22-29-8-17(35)9-30-22/h1-6,17-18,33-35H,7-10H2,(H,28,39)(H,32,36)(H,37,38)(H2,29,30,31)/t18-/m0/s1. The fourth-order valence-electron chi connectivity index (χ4n) is 3.55. The number of carbonyl (C=O) groups excluding carboxylic acids is 2. The lowest BCUT2D eigenvalue weighted by atomic mass is 10.0. The van der Waals surface area contributed by atoms with Crippen molar-refractivity contribution >= 4 is 51.0 Å². The van der Waals surface area contributed by atoms with Gasteiger partial charge in [0.15, 0.2) is 5.96 Å². The van der Waals surface area contributed by atoms with Gasteiger partial charge in [-0.05, 0) is 35.9 Å². The quantitative estimate of drug-likeness (QED) is 0.195. The Hall–Kier alpha value is -4.05. The molecule has 210 valence electrons. The molecule has 0 spiro atoms. The van der Waals surface area contributed by atoms with Crippen molar-refractivity contribution in [3.8, 4) is 5.75 Å². The summed E-state index contributed by atoms with van der Waals surface area (Å²) in [7, 11) is 0. The van der Waals surface area contributed by atoms with Crippen LogP contribution < -0.4 is 26.6 Å². The van der Waals surface area contributed by atoms with Gasteiger partial charge in [-0.15, -0.1) is 0 Å². The second-order valence-corrected chi connectivity index (χ2v) is 9.33. The molecule has 0 aromatic heterocycles. The van der Waals surface area contributed by atoms with E-state index in [1.807, 2.05) is 0 Å². The third-order valence-corrected chi connectivity index (χ3v) is 5.60. The van der Waals surface area contributed by atoms with Crippen molar-refractivity contribution in [1.29, 1.82) is 0 Å². The van der Waals surface area contributed by atoms with E-state index >= 15 is 0 Å². The largest absolute Gasteiger partial charge is 0.508 e. The van der Waals surface area contributed by atoms with Gasteiger partial charge in [-0.25, -0.2) is 0 Å². The molecular formula is C23H24BrF3N6O6. The number of hydrogen-bond acceptors (Lipinski definition) is 9. The molecule has 0 saturated carbocycles. The van der Waals surface area contributed by atoms with Crippen LogP contribution in [0.2, 0.25) is 0 Å². The third kappa shape index (κ3) is 9.64. The van der Waals surface area contributed by atoms with Crippen LogP contribution in [0.3, 0.4) is 0 Å². The lowest BCUT2D eigenvalue weighted by Crippen LogP contribution is -2.42. The van der Waals surface area contributed by atoms with Gasteiger partial charge in [0.05, 0.1) is 31.7 Å². The van der Waals surface area contributed by atoms with Gasteiger partial charge < -0.3 is 36.6 Å². The van der Waals surface area contributed by atoms with Gasteiger partial charge in [0.25, 0.3) is 5.91 Å². The van der Waals surface area contributed by atoms with E-state index in [4.69, 9.17) is 0 Å². The number of anilines is 2. The van der Waals surface area contributed by atoms with Crippen LogP contribution in [0.5, 0.6) is 5.75 Å². The zero-order valence-electron chi connectivity index (χ0n) is 20.0. The first-order valence-corrected chi connectivity index (χ1v) is 12.1. The highest BCUT2D eigenvalue weighted by molar-refractivity contribution is 9.10. The minimum Gasteiger partial charge on any atom is -0.508 e. The predicted molar refractivity (Wildman–Crippen MR) is 137 cm³/mol. The minimum absolute atomic E-state index is 0.0151. The topological polar surface area (TPSA) is 184 Å². The molecule has 2 amide bonds. The Morgan fingerprint density at radius 3 is 2.51 bits per heavy atom. The number of halogens is 4. The summed E-state index contributed by atoms with van der Waals surface area (Å²) in [4.78, 5) is 40.6. The van der Waals surface area contributed by atoms with Gasteiger partial charge in [-0.3, -0.25) is 24.7 Å². The monoisotopic (exact) mass is 616 g/mol. The molecule has 0 bridgehead atoms. The Morgan fingerprint density at radius 1 is 1.13 bits per heavy atom. The van der Waals surface area contributed by atoms with Gasteiger partial charge >= 0.3 is 12.3 Å². The first-order valence-electron chi connectivity index (χ1n) is 11.3. The van der Waals surface area contributed by atoms with E-state index in [9.17, 15) is 42.9 Å². The number of nitrogens with one attached hydrogen (secondary N) is 5. The Bertz CT molecular complexity index is 1280. The Morgan fingerprint density at radius 2 is 1.87 bits per heavy atom. The number of aliphatic imine (C=N–C) groups is 1. The number of nitrogens with zero attached hydrogens (tertiary/aromatic N) is 1. The Kier molecular flexibility index (Phi) is 9.58. The first kappa shape index (κ1) is 29.5. The van der Waals surface area contributed by atoms with Gasteiger partial charge in [0.1, 0.15) is 5.75 Å². The third-order valence-electron chi connectivity index (χ3n) is 5.14. The van der Waals surface area contributed by atoms with Crippen LogP contribution in [0.1, 0.15) is 28.4 Å². The van der Waals surface area contributed by atoms with Crippen molar-refractivity contribution < 1.29 is 42.9 Å². The van der Waals surface area contributed by atoms with Crippen LogP contribution in [-0.2, 0) is 9.59 Å². The highest BCUT2D eigenvalue weighted by atomic mass is 79.9. The maximum Gasteiger partial charge on any atom is 0.482 e. The summed E-state index contributed by atoms with van der Waals surface area (Å²) in [6, 6.07) is 6.20. The van der Waals surface area contributed by atoms with Gasteiger partial charge in [0.2, 0.25) is 5.91 Å². The number of carboxylic acids is 1. The molecule has 0 saturated heterocycles. The maximum absolute atomic E-state index is 12.8. The second kappa shape index (κ2) is 12.7. The molecule has 12 nitrogen and oxygen atoms in total. The minimum atomic E-state index is -4.74. The number of amides is 2. The number of phenolic OH excluding ortho intramolecular Hbond substituents is 1. The predicted octanol–water partition coefficient (Wildman–Crippen LogP) is 1.88. The van der Waals surface area contributed by atoms with E-state index in [2.05, 4.69) is 42.2 Å². The van der Waals surface area contributed by atoms with Crippen LogP contribution >= 0.6 is 15.9 Å². The zero-order chi connectivity index (χ0) is 28.7. The van der Waals surface area contributed by atoms with Crippen molar-refractivity contribution in [3.05, 3.63) is 52.0 Å². The molecule has 2 aromatic rings. The molecular weight excluding hydrogens is 593 g/mol. The number of guanidine groups is 1. The van der Waals surface area contributed by atoms with Crippen molar-refractivity contribution in [1.82, 2.24) is 16.0 Å². The normalized spacial score (nSPS) is 15.8. The molecule has 16 heteroatoms. The second-order valence-electron chi connectivity index (χ2n) is 8.41. The number of aliphatic carboxylic acids is 1. The number of aliphatic hydroxyl groups is 1. The van der Waals surface area contributed by atoms with E-state index < -0.39 is 49.2 Å². The average Bonchev–Trinajstić information content (AvgIpc) is 2.81. The fraction of sp³-hybridized carbons (Fsp3) is 0.304. The van der Waals surface area contributed by atoms with Crippen molar-refractivity contribution in [3.63, 3.8) is 0 Å². The Labute approximate surface area is 227 Å². The molecule has 8 N–H and O–H groups in total. The van der Waals surface area contributed by atoms with Crippen LogP contribution in [0, 0.1) is 0 Å². The van der Waals surface area contributed by atoms with E-state index in [-0.39, 0.29) is 40.1 Å². The summed E-state index contributed by atoms with van der Waals surface area (Å²) < 4.78 is 38.5. The van der Waals surface area contributed by atoms with Crippen LogP contribution in [-0.4, -0.2) is 71.1 Å². The van der Waals surface area contributed by atoms with Crippen LogP contribution in [0.25, 0.3) is 0 Å². The lowest BCUT2D eigenvalue weighted by molar-refractivity contribution is -0.137. The number of carbonyl (C=O) groups is 3. The maximum atomic E-state index is 12.8. The van der Waals surface area contributed by atoms with Crippen LogP contribution in [0.15, 0.2) is 45.9 Å². The summed E-state index contributed by atoms with van der Waals surface area (Å²) in [6.45, 7) is -0.170. The number of benzene rings is 2. The fourth-order valence-corrected chi connectivity index (χ4v) is 4.06. The molecule has 0 fully saturated rings. The number of β-amino-alcohol motifs (C(OH)–C–C–N with tert-alkyl or cyclic N) is 1. The van der Waals surface area contributed by atoms with E-state index in [1.165, 1.54) is 23.5 Å². The molecule has 0 radical (unpaired) electrons. The summed E-state index contributed by atoms with van der Waals surface area (Å²) in [5.74, 6) is -2.81.